The van der Waals surface area contributed by atoms with Gasteiger partial charge < -0.3 is 29.9 Å². The molecule has 206 valence electrons. The molecule has 0 spiro atoms. The summed E-state index contributed by atoms with van der Waals surface area (Å²) in [7, 11) is 5.26. The summed E-state index contributed by atoms with van der Waals surface area (Å²) >= 11 is 0. The van der Waals surface area contributed by atoms with Gasteiger partial charge in [-0.25, -0.2) is 4.79 Å². The van der Waals surface area contributed by atoms with Crippen molar-refractivity contribution in [3.8, 4) is 5.75 Å². The molecule has 3 aliphatic heterocycles. The Bertz CT molecular complexity index is 1340. The minimum Gasteiger partial charge on any atom is -0.509 e. The topological polar surface area (TPSA) is 158 Å². The van der Waals surface area contributed by atoms with Gasteiger partial charge in [0, 0.05) is 38.5 Å². The molecule has 1 unspecified atom stereocenters. The number of imide groups is 1. The van der Waals surface area contributed by atoms with Crippen molar-refractivity contribution >= 4 is 29.7 Å². The molecule has 1 aromatic heterocycles. The van der Waals surface area contributed by atoms with Crippen LogP contribution in [0.25, 0.3) is 0 Å². The van der Waals surface area contributed by atoms with Gasteiger partial charge in [0.15, 0.2) is 11.8 Å². The number of methoxy groups -OCH3 is 1. The average Bonchev–Trinajstić information content (AvgIpc) is 3.43. The molecule has 1 aromatic carbocycles. The molecule has 12 nitrogen and oxygen atoms in total. The van der Waals surface area contributed by atoms with Crippen LogP contribution in [0.2, 0.25) is 0 Å². The minimum absolute atomic E-state index is 0.0777. The van der Waals surface area contributed by atoms with Crippen LogP contribution in [0, 0.1) is 13.8 Å². The van der Waals surface area contributed by atoms with Crippen LogP contribution in [0.1, 0.15) is 33.8 Å². The molecule has 3 aliphatic rings. The normalized spacial score (nSPS) is 17.6. The van der Waals surface area contributed by atoms with Gasteiger partial charge in [0.25, 0.3) is 11.8 Å². The van der Waals surface area contributed by atoms with Crippen LogP contribution in [0.15, 0.2) is 63.5 Å². The molecule has 4 N–H and O–H groups in total. The van der Waals surface area contributed by atoms with Crippen molar-refractivity contribution in [1.82, 2.24) is 20.7 Å². The first-order valence-corrected chi connectivity index (χ1v) is 12.1. The summed E-state index contributed by atoms with van der Waals surface area (Å²) in [5.41, 5.74) is 4.29. The molecule has 39 heavy (non-hydrogen) atoms. The number of nitrogens with zero attached hydrogens (tertiary/aromatic N) is 3. The van der Waals surface area contributed by atoms with Crippen molar-refractivity contribution in [2.45, 2.75) is 32.9 Å². The molecule has 0 bridgehead atoms. The summed E-state index contributed by atoms with van der Waals surface area (Å²) in [6, 6.07) is 3.97. The van der Waals surface area contributed by atoms with Crippen LogP contribution in [-0.2, 0) is 11.3 Å². The molecule has 4 heterocycles. The number of amides is 4. The number of aliphatic hydroxyl groups is 1. The van der Waals surface area contributed by atoms with E-state index in [0.717, 1.165) is 34.0 Å². The Morgan fingerprint density at radius 1 is 1.28 bits per heavy atom. The predicted molar refractivity (Wildman–Crippen MR) is 146 cm³/mol. The fourth-order valence-corrected chi connectivity index (χ4v) is 3.86. The zero-order valence-corrected chi connectivity index (χ0v) is 22.4. The molecular weight excluding hydrogens is 504 g/mol. The van der Waals surface area contributed by atoms with E-state index in [9.17, 15) is 19.5 Å². The molecule has 1 atom stereocenters. The molecule has 12 heteroatoms. The highest BCUT2D eigenvalue weighted by molar-refractivity contribution is 6.05. The first kappa shape index (κ1) is 28.7. The Balaban J connectivity index is 0.000000170. The van der Waals surface area contributed by atoms with Crippen molar-refractivity contribution in [2.24, 2.45) is 4.99 Å². The van der Waals surface area contributed by atoms with Crippen LogP contribution in [0.5, 0.6) is 5.75 Å². The van der Waals surface area contributed by atoms with Crippen molar-refractivity contribution < 1.29 is 28.8 Å². The highest BCUT2D eigenvalue weighted by atomic mass is 16.5. The van der Waals surface area contributed by atoms with E-state index >= 15 is 0 Å². The second-order valence-electron chi connectivity index (χ2n) is 8.67. The highest BCUT2D eigenvalue weighted by Crippen LogP contribution is 2.25. The predicted octanol–water partition coefficient (Wildman–Crippen LogP) is 3.16. The summed E-state index contributed by atoms with van der Waals surface area (Å²) < 4.78 is 9.93. The van der Waals surface area contributed by atoms with Crippen LogP contribution in [-0.4, -0.2) is 66.5 Å². The maximum absolute atomic E-state index is 11.5. The number of urea groups is 1. The quantitative estimate of drug-likeness (QED) is 0.343. The lowest BCUT2D eigenvalue weighted by Gasteiger charge is -2.05. The number of fused-ring (bicyclic) bond motifs is 1. The highest BCUT2D eigenvalue weighted by Gasteiger charge is 2.32. The van der Waals surface area contributed by atoms with Gasteiger partial charge in [-0.3, -0.25) is 19.9 Å². The number of nitrogens with one attached hydrogen (secondary N) is 3. The first-order chi connectivity index (χ1) is 18.6. The van der Waals surface area contributed by atoms with Crippen LogP contribution in [0.3, 0.4) is 0 Å². The summed E-state index contributed by atoms with van der Waals surface area (Å²) in [5, 5.41) is 20.8. The lowest BCUT2D eigenvalue weighted by atomic mass is 10.1. The summed E-state index contributed by atoms with van der Waals surface area (Å²) in [5.74, 6) is 0.852. The number of anilines is 1. The summed E-state index contributed by atoms with van der Waals surface area (Å²) in [6.45, 7) is 4.49. The van der Waals surface area contributed by atoms with Gasteiger partial charge in [-0.05, 0) is 44.0 Å². The standard InChI is InChI=1S/C11H11N3O3.C10H11NO2.C6H10N2O/c15-8(9-10(16)14-11(17)13-9)6-7-4-2-1-3-5-12-7;1-11-6-7-3-4-8(13-2)5-9(7)10(11)12;1-4-6(7-3)5(2)9-8-4/h1,3-6,9,15H,2H2,(H2,13,14,16,17);3-5H,6H2,1-2H3;7H,1-3H3/b8-6-;;. The van der Waals surface area contributed by atoms with E-state index in [1.807, 2.05) is 44.4 Å². The lowest BCUT2D eigenvalue weighted by molar-refractivity contribution is -0.119. The number of aliphatic imine (C=N–C) groups is 1. The second-order valence-corrected chi connectivity index (χ2v) is 8.67. The van der Waals surface area contributed by atoms with Gasteiger partial charge in [-0.1, -0.05) is 23.4 Å². The molecule has 0 saturated carbocycles. The van der Waals surface area contributed by atoms with Gasteiger partial charge in [-0.15, -0.1) is 0 Å². The van der Waals surface area contributed by atoms with Gasteiger partial charge in [0.1, 0.15) is 22.9 Å². The molecule has 1 fully saturated rings. The van der Waals surface area contributed by atoms with E-state index in [4.69, 9.17) is 9.26 Å². The van der Waals surface area contributed by atoms with E-state index in [1.54, 1.807) is 43.5 Å². The molecule has 5 rings (SSSR count). The number of hydrogen-bond acceptors (Lipinski definition) is 9. The Morgan fingerprint density at radius 2 is 2.05 bits per heavy atom. The zero-order valence-electron chi connectivity index (χ0n) is 22.4. The monoisotopic (exact) mass is 536 g/mol. The van der Waals surface area contributed by atoms with E-state index in [1.165, 1.54) is 6.08 Å². The third-order valence-electron chi connectivity index (χ3n) is 5.86. The first-order valence-electron chi connectivity index (χ1n) is 12.1. The number of carbonyl (C=O) groups is 3. The van der Waals surface area contributed by atoms with Gasteiger partial charge in [0.05, 0.1) is 12.8 Å². The van der Waals surface area contributed by atoms with Gasteiger partial charge in [-0.2, -0.15) is 0 Å². The fourth-order valence-electron chi connectivity index (χ4n) is 3.86. The summed E-state index contributed by atoms with van der Waals surface area (Å²) in [4.78, 5) is 39.4. The number of carbonyl (C=O) groups excluding carboxylic acids is 3. The Morgan fingerprint density at radius 3 is 2.64 bits per heavy atom. The van der Waals surface area contributed by atoms with E-state index in [0.29, 0.717) is 18.7 Å². The lowest BCUT2D eigenvalue weighted by Crippen LogP contribution is -2.31. The smallest absolute Gasteiger partial charge is 0.322 e. The molecule has 4 amide bonds. The number of benzene rings is 1. The maximum atomic E-state index is 11.5. The Labute approximate surface area is 226 Å². The Hall–Kier alpha value is -4.87. The molecule has 2 aromatic rings. The second kappa shape index (κ2) is 13.1. The number of aromatic nitrogens is 1. The summed E-state index contributed by atoms with van der Waals surface area (Å²) in [6.07, 6.45) is 9.15. The number of aliphatic hydroxyl groups excluding tert-OH is 1. The van der Waals surface area contributed by atoms with Crippen LogP contribution >= 0.6 is 0 Å². The fraction of sp³-hybridized carbons (Fsp3) is 0.296. The number of allylic oxidation sites excluding steroid dienone is 4. The van der Waals surface area contributed by atoms with Gasteiger partial charge >= 0.3 is 6.03 Å². The van der Waals surface area contributed by atoms with E-state index < -0.39 is 18.0 Å². The van der Waals surface area contributed by atoms with Crippen LogP contribution in [0.4, 0.5) is 10.5 Å². The Kier molecular flexibility index (Phi) is 9.63. The van der Waals surface area contributed by atoms with E-state index in [-0.39, 0.29) is 11.7 Å². The third kappa shape index (κ3) is 7.34. The van der Waals surface area contributed by atoms with Gasteiger partial charge in [0.2, 0.25) is 0 Å². The maximum Gasteiger partial charge on any atom is 0.322 e. The number of ether oxygens (including phenoxy) is 1. The average molecular weight is 537 g/mol. The van der Waals surface area contributed by atoms with Crippen molar-refractivity contribution in [3.05, 3.63) is 76.5 Å². The zero-order chi connectivity index (χ0) is 28.5. The largest absolute Gasteiger partial charge is 0.509 e. The number of rotatable bonds is 4. The molecule has 0 aliphatic carbocycles. The molecule has 1 saturated heterocycles. The van der Waals surface area contributed by atoms with Crippen molar-refractivity contribution in [1.29, 1.82) is 0 Å². The van der Waals surface area contributed by atoms with Crippen LogP contribution < -0.4 is 20.7 Å². The molecular formula is C27H32N6O6. The van der Waals surface area contributed by atoms with Crippen molar-refractivity contribution in [2.75, 3.05) is 26.5 Å². The minimum atomic E-state index is -1.03. The third-order valence-corrected chi connectivity index (χ3v) is 5.86. The van der Waals surface area contributed by atoms with Crippen molar-refractivity contribution in [3.63, 3.8) is 0 Å². The SMILES string of the molecule is CNc1c(C)noc1C.COc1ccc2c(c1)C(=O)N(C)C2.O=C1NC(=O)C(/C(O)=C/C2=CCC=CC=N2)N1. The van der Waals surface area contributed by atoms with E-state index in [2.05, 4.69) is 20.8 Å². The number of aryl methyl sites for hydroxylation is 2. The molecule has 0 radical (unpaired) electrons. The number of hydrogen-bond donors (Lipinski definition) is 4.